The van der Waals surface area contributed by atoms with Gasteiger partial charge in [-0.15, -0.1) is 0 Å². The highest BCUT2D eigenvalue weighted by Gasteiger charge is 2.13. The summed E-state index contributed by atoms with van der Waals surface area (Å²) in [6.07, 6.45) is 0. The largest absolute Gasteiger partial charge is 0.452 e. The van der Waals surface area contributed by atoms with Crippen molar-refractivity contribution in [3.63, 3.8) is 0 Å². The molecule has 1 amide bonds. The molecule has 0 radical (unpaired) electrons. The maximum absolute atomic E-state index is 13.5. The van der Waals surface area contributed by atoms with E-state index < -0.39 is 30.1 Å². The van der Waals surface area contributed by atoms with Crippen molar-refractivity contribution in [2.75, 3.05) is 11.9 Å². The normalized spacial score (nSPS) is 10.6. The molecule has 0 bridgehead atoms. The number of rotatable bonds is 5. The Labute approximate surface area is 160 Å². The van der Waals surface area contributed by atoms with Gasteiger partial charge in [-0.1, -0.05) is 0 Å². The average molecular weight is 384 g/mol. The smallest absolute Gasteiger partial charge is 0.338 e. The van der Waals surface area contributed by atoms with E-state index in [1.54, 1.807) is 24.3 Å². The number of hydrogen-bond acceptors (Lipinski definition) is 3. The highest BCUT2D eigenvalue weighted by molar-refractivity contribution is 5.95. The highest BCUT2D eigenvalue weighted by atomic mass is 19.1. The minimum absolute atomic E-state index is 0.190. The summed E-state index contributed by atoms with van der Waals surface area (Å²) in [6.45, 7) is 3.38. The monoisotopic (exact) mass is 384 g/mol. The molecule has 144 valence electrons. The van der Waals surface area contributed by atoms with Crippen LogP contribution in [-0.4, -0.2) is 23.1 Å². The lowest BCUT2D eigenvalue weighted by Gasteiger charge is -2.10. The Morgan fingerprint density at radius 1 is 0.964 bits per heavy atom. The van der Waals surface area contributed by atoms with Gasteiger partial charge in [0.1, 0.15) is 11.6 Å². The summed E-state index contributed by atoms with van der Waals surface area (Å²) in [4.78, 5) is 23.9. The molecular weight excluding hydrogens is 366 g/mol. The molecule has 0 aliphatic rings. The van der Waals surface area contributed by atoms with E-state index in [0.29, 0.717) is 6.07 Å². The van der Waals surface area contributed by atoms with Crippen LogP contribution in [0.5, 0.6) is 0 Å². The molecule has 0 aliphatic carbocycles. The molecule has 3 aromatic rings. The fraction of sp³-hybridized carbons (Fsp3) is 0.143. The first-order valence-corrected chi connectivity index (χ1v) is 8.52. The summed E-state index contributed by atoms with van der Waals surface area (Å²) >= 11 is 0. The van der Waals surface area contributed by atoms with E-state index in [1.165, 1.54) is 0 Å². The van der Waals surface area contributed by atoms with E-state index in [9.17, 15) is 18.4 Å². The van der Waals surface area contributed by atoms with Gasteiger partial charge in [0.2, 0.25) is 0 Å². The Morgan fingerprint density at radius 2 is 1.61 bits per heavy atom. The molecule has 0 unspecified atom stereocenters. The van der Waals surface area contributed by atoms with E-state index in [2.05, 4.69) is 5.32 Å². The number of carbonyl (C=O) groups is 2. The molecule has 1 aromatic heterocycles. The second-order valence-electron chi connectivity index (χ2n) is 6.25. The second-order valence-corrected chi connectivity index (χ2v) is 6.25. The fourth-order valence-electron chi connectivity index (χ4n) is 2.81. The molecule has 0 fully saturated rings. The van der Waals surface area contributed by atoms with Crippen molar-refractivity contribution in [1.82, 2.24) is 4.57 Å². The minimum Gasteiger partial charge on any atom is -0.452 e. The third kappa shape index (κ3) is 4.25. The number of amides is 1. The maximum atomic E-state index is 13.5. The Morgan fingerprint density at radius 3 is 2.21 bits per heavy atom. The Balaban J connectivity index is 1.59. The van der Waals surface area contributed by atoms with E-state index >= 15 is 0 Å². The zero-order valence-corrected chi connectivity index (χ0v) is 15.3. The first kappa shape index (κ1) is 19.3. The van der Waals surface area contributed by atoms with Crippen LogP contribution in [0.1, 0.15) is 21.7 Å². The van der Waals surface area contributed by atoms with Gasteiger partial charge in [-0.3, -0.25) is 4.79 Å². The number of aryl methyl sites for hydroxylation is 2. The third-order valence-corrected chi connectivity index (χ3v) is 4.17. The number of hydrogen-bond donors (Lipinski definition) is 1. The molecular formula is C21H18F2N2O3. The van der Waals surface area contributed by atoms with Gasteiger partial charge in [0.25, 0.3) is 5.91 Å². The molecule has 7 heteroatoms. The number of anilines is 1. The lowest BCUT2D eigenvalue weighted by atomic mass is 10.2. The number of halogens is 2. The summed E-state index contributed by atoms with van der Waals surface area (Å²) in [5, 5.41) is 2.22. The van der Waals surface area contributed by atoms with Gasteiger partial charge >= 0.3 is 5.97 Å². The van der Waals surface area contributed by atoms with E-state index in [4.69, 9.17) is 4.74 Å². The van der Waals surface area contributed by atoms with Crippen molar-refractivity contribution < 1.29 is 23.1 Å². The van der Waals surface area contributed by atoms with Gasteiger partial charge in [-0.05, 0) is 62.4 Å². The van der Waals surface area contributed by atoms with E-state index in [0.717, 1.165) is 29.2 Å². The summed E-state index contributed by atoms with van der Waals surface area (Å²) in [7, 11) is 0. The van der Waals surface area contributed by atoms with Crippen molar-refractivity contribution in [2.24, 2.45) is 0 Å². The van der Waals surface area contributed by atoms with Crippen LogP contribution in [0.3, 0.4) is 0 Å². The van der Waals surface area contributed by atoms with Gasteiger partial charge in [-0.25, -0.2) is 13.6 Å². The Hall–Kier alpha value is -3.48. The van der Waals surface area contributed by atoms with E-state index in [1.807, 2.05) is 30.5 Å². The summed E-state index contributed by atoms with van der Waals surface area (Å²) in [6, 6.07) is 13.5. The summed E-state index contributed by atoms with van der Waals surface area (Å²) in [5.74, 6) is -3.07. The number of nitrogens with zero attached hydrogens (tertiary/aromatic N) is 1. The lowest BCUT2D eigenvalue weighted by molar-refractivity contribution is -0.119. The van der Waals surface area contributed by atoms with Gasteiger partial charge < -0.3 is 14.6 Å². The number of nitrogens with one attached hydrogen (secondary N) is 1. The molecule has 1 heterocycles. The Kier molecular flexibility index (Phi) is 5.54. The molecule has 0 saturated carbocycles. The predicted octanol–water partition coefficient (Wildman–Crippen LogP) is 4.17. The molecule has 0 aliphatic heterocycles. The maximum Gasteiger partial charge on any atom is 0.338 e. The number of benzene rings is 2. The van der Waals surface area contributed by atoms with Crippen LogP contribution in [0.25, 0.3) is 5.69 Å². The van der Waals surface area contributed by atoms with Crippen molar-refractivity contribution in [1.29, 1.82) is 0 Å². The molecule has 28 heavy (non-hydrogen) atoms. The van der Waals surface area contributed by atoms with Crippen LogP contribution < -0.4 is 5.32 Å². The molecule has 0 spiro atoms. The van der Waals surface area contributed by atoms with Gasteiger partial charge in [0, 0.05) is 23.1 Å². The van der Waals surface area contributed by atoms with Crippen LogP contribution in [0.4, 0.5) is 14.5 Å². The third-order valence-electron chi connectivity index (χ3n) is 4.17. The molecule has 0 saturated heterocycles. The molecule has 3 rings (SSSR count). The standard InChI is InChI=1S/C21H18F2N2O3/c1-13-3-4-14(2)25(13)17-8-5-15(6-9-17)21(27)28-12-20(26)24-19-10-7-16(22)11-18(19)23/h3-11H,12H2,1-2H3,(H,24,26). The van der Waals surface area contributed by atoms with Gasteiger partial charge in [0.15, 0.2) is 6.61 Å². The Bertz CT molecular complexity index is 1010. The quantitative estimate of drug-likeness (QED) is 0.672. The first-order chi connectivity index (χ1) is 13.3. The minimum atomic E-state index is -0.911. The molecule has 0 atom stereocenters. The van der Waals surface area contributed by atoms with Gasteiger partial charge in [-0.2, -0.15) is 0 Å². The number of ether oxygens (including phenoxy) is 1. The number of carbonyl (C=O) groups excluding carboxylic acids is 2. The van der Waals surface area contributed by atoms with Crippen LogP contribution >= 0.6 is 0 Å². The molecule has 1 N–H and O–H groups in total. The van der Waals surface area contributed by atoms with Crippen LogP contribution in [0.2, 0.25) is 0 Å². The fourth-order valence-corrected chi connectivity index (χ4v) is 2.81. The zero-order chi connectivity index (χ0) is 20.3. The van der Waals surface area contributed by atoms with Crippen molar-refractivity contribution in [2.45, 2.75) is 13.8 Å². The topological polar surface area (TPSA) is 60.3 Å². The highest BCUT2D eigenvalue weighted by Crippen LogP contribution is 2.17. The van der Waals surface area contributed by atoms with E-state index in [-0.39, 0.29) is 11.3 Å². The number of aromatic nitrogens is 1. The van der Waals surface area contributed by atoms with Gasteiger partial charge in [0.05, 0.1) is 11.3 Å². The summed E-state index contributed by atoms with van der Waals surface area (Å²) in [5.41, 5.74) is 3.13. The average Bonchev–Trinajstić information content (AvgIpc) is 3.00. The predicted molar refractivity (Wildman–Crippen MR) is 101 cm³/mol. The van der Waals surface area contributed by atoms with Crippen LogP contribution in [0, 0.1) is 25.5 Å². The van der Waals surface area contributed by atoms with Crippen LogP contribution in [0.15, 0.2) is 54.6 Å². The number of esters is 1. The first-order valence-electron chi connectivity index (χ1n) is 8.52. The zero-order valence-electron chi connectivity index (χ0n) is 15.3. The molecule has 2 aromatic carbocycles. The summed E-state index contributed by atoms with van der Waals surface area (Å²) < 4.78 is 33.4. The van der Waals surface area contributed by atoms with Crippen molar-refractivity contribution >= 4 is 17.6 Å². The van der Waals surface area contributed by atoms with Crippen molar-refractivity contribution in [3.8, 4) is 5.69 Å². The van der Waals surface area contributed by atoms with Crippen molar-refractivity contribution in [3.05, 3.63) is 83.2 Å². The lowest BCUT2D eigenvalue weighted by Crippen LogP contribution is -2.21. The van der Waals surface area contributed by atoms with Crippen LogP contribution in [-0.2, 0) is 9.53 Å². The SMILES string of the molecule is Cc1ccc(C)n1-c1ccc(C(=O)OCC(=O)Nc2ccc(F)cc2F)cc1. The second kappa shape index (κ2) is 8.04. The molecule has 5 nitrogen and oxygen atoms in total.